The van der Waals surface area contributed by atoms with E-state index in [0.29, 0.717) is 4.75 Å². The van der Waals surface area contributed by atoms with Gasteiger partial charge in [0.25, 0.3) is 0 Å². The fourth-order valence-electron chi connectivity index (χ4n) is 3.79. The van der Waals surface area contributed by atoms with Crippen LogP contribution in [0.4, 0.5) is 0 Å². The van der Waals surface area contributed by atoms with Crippen molar-refractivity contribution in [3.8, 4) is 0 Å². The average Bonchev–Trinajstić information content (AvgIpc) is 3.02. The van der Waals surface area contributed by atoms with E-state index in [9.17, 15) is 0 Å². The minimum absolute atomic E-state index is 0.458. The molecular weight excluding hydrogens is 252 g/mol. The maximum Gasteiger partial charge on any atom is 0.0677 e. The number of hydrogen-bond acceptors (Lipinski definition) is 3. The highest BCUT2D eigenvalue weighted by molar-refractivity contribution is 9.11. The monoisotopic (exact) mass is 266 g/mol. The normalized spacial score (nSPS) is 44.9. The van der Waals surface area contributed by atoms with Crippen LogP contribution < -0.4 is 0 Å². The lowest BCUT2D eigenvalue weighted by atomic mass is 9.82. The zero-order valence-corrected chi connectivity index (χ0v) is 11.4. The Morgan fingerprint density at radius 2 is 2.00 bits per heavy atom. The van der Waals surface area contributed by atoms with Gasteiger partial charge in [0, 0.05) is 5.25 Å². The Labute approximate surface area is 108 Å². The summed E-state index contributed by atoms with van der Waals surface area (Å²) in [6.07, 6.45) is 4.43. The minimum atomic E-state index is 0.458. The van der Waals surface area contributed by atoms with Gasteiger partial charge in [-0.05, 0) is 46.5 Å². The molecule has 0 nitrogen and oxygen atoms in total. The second-order valence-electron chi connectivity index (χ2n) is 5.10. The van der Waals surface area contributed by atoms with Gasteiger partial charge >= 0.3 is 0 Å². The molecule has 4 atom stereocenters. The Morgan fingerprint density at radius 3 is 2.88 bits per heavy atom. The fraction of sp³-hybridized carbons (Fsp3) is 0.538. The van der Waals surface area contributed by atoms with Crippen LogP contribution in [-0.2, 0) is 4.75 Å². The van der Waals surface area contributed by atoms with Crippen molar-refractivity contribution in [2.75, 3.05) is 0 Å². The van der Waals surface area contributed by atoms with Crippen LogP contribution in [0.15, 0.2) is 30.3 Å². The third kappa shape index (κ3) is 1.17. The highest BCUT2D eigenvalue weighted by Crippen LogP contribution is 2.75. The lowest BCUT2D eigenvalue weighted by Gasteiger charge is -2.37. The number of rotatable bonds is 1. The van der Waals surface area contributed by atoms with E-state index in [1.54, 1.807) is 5.56 Å². The van der Waals surface area contributed by atoms with Crippen molar-refractivity contribution >= 4 is 31.4 Å². The summed E-state index contributed by atoms with van der Waals surface area (Å²) < 4.78 is 0.458. The average molecular weight is 266 g/mol. The van der Waals surface area contributed by atoms with Crippen LogP contribution in [0.25, 0.3) is 0 Å². The molecule has 3 fully saturated rings. The molecule has 0 radical (unpaired) electrons. The minimum Gasteiger partial charge on any atom is -0.0769 e. The molecular formula is C13H14S3. The summed E-state index contributed by atoms with van der Waals surface area (Å²) in [7, 11) is 6.35. The Balaban J connectivity index is 1.85. The van der Waals surface area contributed by atoms with Gasteiger partial charge in [-0.1, -0.05) is 51.9 Å². The fourth-order valence-corrected chi connectivity index (χ4v) is 11.2. The molecule has 1 saturated heterocycles. The first-order valence-electron chi connectivity index (χ1n) is 5.98. The highest BCUT2D eigenvalue weighted by Gasteiger charge is 2.62. The maximum atomic E-state index is 2.35. The molecule has 2 bridgehead atoms. The summed E-state index contributed by atoms with van der Waals surface area (Å²) in [4.78, 5) is 0. The number of fused-ring (bicyclic) bond motifs is 5. The van der Waals surface area contributed by atoms with E-state index < -0.39 is 0 Å². The molecule has 2 saturated carbocycles. The van der Waals surface area contributed by atoms with Crippen LogP contribution in [0, 0.1) is 11.8 Å². The predicted molar refractivity (Wildman–Crippen MR) is 75.5 cm³/mol. The Morgan fingerprint density at radius 1 is 1.12 bits per heavy atom. The molecule has 4 rings (SSSR count). The van der Waals surface area contributed by atoms with E-state index in [-0.39, 0.29) is 0 Å². The molecule has 84 valence electrons. The van der Waals surface area contributed by atoms with Crippen molar-refractivity contribution in [2.45, 2.75) is 29.3 Å². The molecule has 1 aliphatic heterocycles. The van der Waals surface area contributed by atoms with Crippen molar-refractivity contribution in [1.29, 1.82) is 0 Å². The summed E-state index contributed by atoms with van der Waals surface area (Å²) in [6, 6.07) is 11.3. The lowest BCUT2D eigenvalue weighted by Crippen LogP contribution is -2.36. The molecule has 3 heteroatoms. The second kappa shape index (κ2) is 3.63. The smallest absolute Gasteiger partial charge is 0.0677 e. The van der Waals surface area contributed by atoms with Gasteiger partial charge in [-0.3, -0.25) is 0 Å². The standard InChI is InChI=1S/C13H14S3/c1-2-4-10(5-3-1)13-11-7-6-9(8-11)12(13)14-16-15-13/h1-5,9,11-12H,6-8H2. The molecule has 3 aliphatic rings. The van der Waals surface area contributed by atoms with Crippen molar-refractivity contribution in [1.82, 2.24) is 0 Å². The maximum absolute atomic E-state index is 2.35. The van der Waals surface area contributed by atoms with Gasteiger partial charge in [0.05, 0.1) is 4.75 Å². The van der Waals surface area contributed by atoms with Crippen LogP contribution in [0.3, 0.4) is 0 Å². The van der Waals surface area contributed by atoms with Gasteiger partial charge in [0.15, 0.2) is 0 Å². The van der Waals surface area contributed by atoms with Gasteiger partial charge in [-0.25, -0.2) is 0 Å². The first kappa shape index (κ1) is 10.2. The molecule has 1 aromatic rings. The molecule has 2 aliphatic carbocycles. The zero-order valence-electron chi connectivity index (χ0n) is 8.96. The van der Waals surface area contributed by atoms with Crippen molar-refractivity contribution in [3.05, 3.63) is 35.9 Å². The highest BCUT2D eigenvalue weighted by atomic mass is 33.5. The first-order valence-corrected chi connectivity index (χ1v) is 9.52. The number of benzene rings is 1. The third-order valence-corrected chi connectivity index (χ3v) is 10.0. The van der Waals surface area contributed by atoms with E-state index in [1.807, 2.05) is 9.83 Å². The summed E-state index contributed by atoms with van der Waals surface area (Å²) in [5.74, 6) is 1.94. The van der Waals surface area contributed by atoms with Crippen LogP contribution in [0.5, 0.6) is 0 Å². The van der Waals surface area contributed by atoms with Gasteiger partial charge in [0.1, 0.15) is 0 Å². The molecule has 1 heterocycles. The van der Waals surface area contributed by atoms with Gasteiger partial charge in [-0.2, -0.15) is 0 Å². The number of hydrogen-bond donors (Lipinski definition) is 0. The topological polar surface area (TPSA) is 0 Å². The van der Waals surface area contributed by atoms with E-state index in [4.69, 9.17) is 0 Å². The first-order chi connectivity index (χ1) is 7.91. The van der Waals surface area contributed by atoms with Gasteiger partial charge in [0.2, 0.25) is 0 Å². The van der Waals surface area contributed by atoms with Gasteiger partial charge < -0.3 is 0 Å². The Bertz CT molecular complexity index is 405. The lowest BCUT2D eigenvalue weighted by molar-refractivity contribution is 0.397. The summed E-state index contributed by atoms with van der Waals surface area (Å²) in [5, 5.41) is 0.878. The van der Waals surface area contributed by atoms with E-state index in [0.717, 1.165) is 17.1 Å². The van der Waals surface area contributed by atoms with E-state index in [2.05, 4.69) is 51.9 Å². The van der Waals surface area contributed by atoms with Gasteiger partial charge in [-0.15, -0.1) is 0 Å². The Hall–Kier alpha value is 0.270. The van der Waals surface area contributed by atoms with Crippen LogP contribution in [0.2, 0.25) is 0 Å². The summed E-state index contributed by atoms with van der Waals surface area (Å²) in [5.41, 5.74) is 1.59. The Kier molecular flexibility index (Phi) is 2.32. The van der Waals surface area contributed by atoms with E-state index in [1.165, 1.54) is 19.3 Å². The molecule has 16 heavy (non-hydrogen) atoms. The third-order valence-electron chi connectivity index (χ3n) is 4.47. The molecule has 0 aromatic heterocycles. The quantitative estimate of drug-likeness (QED) is 0.675. The van der Waals surface area contributed by atoms with Crippen molar-refractivity contribution in [3.63, 3.8) is 0 Å². The molecule has 4 unspecified atom stereocenters. The van der Waals surface area contributed by atoms with Crippen LogP contribution >= 0.6 is 31.4 Å². The predicted octanol–water partition coefficient (Wildman–Crippen LogP) is 4.72. The van der Waals surface area contributed by atoms with Crippen molar-refractivity contribution in [2.24, 2.45) is 11.8 Å². The molecule has 1 aromatic carbocycles. The summed E-state index contributed by atoms with van der Waals surface area (Å²) in [6.45, 7) is 0. The van der Waals surface area contributed by atoms with Crippen molar-refractivity contribution < 1.29 is 0 Å². The molecule has 0 spiro atoms. The van der Waals surface area contributed by atoms with Crippen LogP contribution in [-0.4, -0.2) is 5.25 Å². The second-order valence-corrected chi connectivity index (χ2v) is 9.49. The van der Waals surface area contributed by atoms with E-state index >= 15 is 0 Å². The van der Waals surface area contributed by atoms with Crippen LogP contribution in [0.1, 0.15) is 24.8 Å². The zero-order chi connectivity index (χ0) is 10.6. The molecule has 0 amide bonds. The molecule has 0 N–H and O–H groups in total. The SMILES string of the molecule is c1ccc(C23SSSC2C2CCC3C2)cc1. The largest absolute Gasteiger partial charge is 0.0769 e. The summed E-state index contributed by atoms with van der Waals surface area (Å²) >= 11 is 0.